The zero-order chi connectivity index (χ0) is 14.9. The van der Waals surface area contributed by atoms with E-state index in [1.54, 1.807) is 0 Å². The molecule has 0 spiro atoms. The number of rotatable bonds is 2. The fraction of sp³-hybridized carbons (Fsp3) is 0. The van der Waals surface area contributed by atoms with Crippen molar-refractivity contribution in [2.75, 3.05) is 0 Å². The van der Waals surface area contributed by atoms with Crippen LogP contribution in [0.1, 0.15) is 11.4 Å². The van der Waals surface area contributed by atoms with E-state index in [0.29, 0.717) is 11.4 Å². The average molecular weight is 284 g/mol. The Bertz CT molecular complexity index is 1010. The Morgan fingerprint density at radius 2 is 1.82 bits per heavy atom. The van der Waals surface area contributed by atoms with Crippen LogP contribution in [0.5, 0.6) is 0 Å². The van der Waals surface area contributed by atoms with E-state index in [0.717, 1.165) is 27.5 Å². The van der Waals surface area contributed by atoms with Crippen LogP contribution in [0.3, 0.4) is 0 Å². The molecule has 0 amide bonds. The van der Waals surface area contributed by atoms with Gasteiger partial charge in [-0.3, -0.25) is 0 Å². The Morgan fingerprint density at radius 1 is 1.05 bits per heavy atom. The molecule has 22 heavy (non-hydrogen) atoms. The normalized spacial score (nSPS) is 11.9. The summed E-state index contributed by atoms with van der Waals surface area (Å²) >= 11 is 0. The summed E-state index contributed by atoms with van der Waals surface area (Å²) in [7, 11) is 0. The molecular formula is C18H12N4. The third-order valence-electron chi connectivity index (χ3n) is 3.69. The lowest BCUT2D eigenvalue weighted by Crippen LogP contribution is -1.84. The van der Waals surface area contributed by atoms with E-state index in [-0.39, 0.29) is 0 Å². The van der Waals surface area contributed by atoms with Gasteiger partial charge >= 0.3 is 0 Å². The molecule has 0 aliphatic heterocycles. The van der Waals surface area contributed by atoms with Gasteiger partial charge in [-0.1, -0.05) is 30.3 Å². The van der Waals surface area contributed by atoms with Crippen molar-refractivity contribution in [3.8, 4) is 6.07 Å². The minimum atomic E-state index is 0.515. The lowest BCUT2D eigenvalue weighted by molar-refractivity contribution is 1.27. The number of aromatic nitrogens is 3. The van der Waals surface area contributed by atoms with Crippen LogP contribution in [0.25, 0.3) is 33.6 Å². The van der Waals surface area contributed by atoms with Crippen LogP contribution in [0.2, 0.25) is 0 Å². The molecule has 0 fully saturated rings. The van der Waals surface area contributed by atoms with Crippen molar-refractivity contribution in [3.05, 3.63) is 66.1 Å². The lowest BCUT2D eigenvalue weighted by atomic mass is 10.1. The molecule has 4 nitrogen and oxygen atoms in total. The van der Waals surface area contributed by atoms with Crippen LogP contribution in [0.4, 0.5) is 0 Å². The van der Waals surface area contributed by atoms with Crippen LogP contribution in [0.15, 0.2) is 54.7 Å². The standard InChI is InChI=1S/C18H12N4/c19-10-12(18-21-16-7-3-4-8-17(16)22-18)9-13-11-20-15-6-2-1-5-14(13)15/h1-9,11,20H,(H,21,22)/b12-9-. The van der Waals surface area contributed by atoms with E-state index in [4.69, 9.17) is 0 Å². The summed E-state index contributed by atoms with van der Waals surface area (Å²) in [6.07, 6.45) is 3.77. The summed E-state index contributed by atoms with van der Waals surface area (Å²) < 4.78 is 0. The lowest BCUT2D eigenvalue weighted by Gasteiger charge is -1.94. The van der Waals surface area contributed by atoms with Gasteiger partial charge in [0.05, 0.1) is 16.6 Å². The highest BCUT2D eigenvalue weighted by Crippen LogP contribution is 2.23. The third-order valence-corrected chi connectivity index (χ3v) is 3.69. The second-order valence-electron chi connectivity index (χ2n) is 5.06. The topological polar surface area (TPSA) is 68.3 Å². The third kappa shape index (κ3) is 1.97. The van der Waals surface area contributed by atoms with Gasteiger partial charge in [-0.2, -0.15) is 5.26 Å². The molecule has 2 aromatic carbocycles. The minimum Gasteiger partial charge on any atom is -0.361 e. The predicted octanol–water partition coefficient (Wildman–Crippen LogP) is 4.11. The zero-order valence-electron chi connectivity index (χ0n) is 11.7. The second kappa shape index (κ2) is 4.90. The number of allylic oxidation sites excluding steroid dienone is 1. The maximum atomic E-state index is 9.49. The molecule has 4 heteroatoms. The smallest absolute Gasteiger partial charge is 0.149 e. The Kier molecular flexibility index (Phi) is 2.77. The number of H-pyrrole nitrogens is 2. The van der Waals surface area contributed by atoms with Crippen LogP contribution >= 0.6 is 0 Å². The molecule has 2 N–H and O–H groups in total. The first-order valence-electron chi connectivity index (χ1n) is 6.98. The van der Waals surface area contributed by atoms with Crippen LogP contribution in [-0.4, -0.2) is 15.0 Å². The number of benzene rings is 2. The average Bonchev–Trinajstić information content (AvgIpc) is 3.16. The Morgan fingerprint density at radius 3 is 2.64 bits per heavy atom. The molecule has 104 valence electrons. The van der Waals surface area contributed by atoms with E-state index in [9.17, 15) is 5.26 Å². The van der Waals surface area contributed by atoms with Crippen molar-refractivity contribution in [3.63, 3.8) is 0 Å². The molecule has 0 bridgehead atoms. The molecule has 0 saturated heterocycles. The summed E-state index contributed by atoms with van der Waals surface area (Å²) in [5, 5.41) is 10.6. The number of hydrogen-bond donors (Lipinski definition) is 2. The molecule has 0 radical (unpaired) electrons. The number of para-hydroxylation sites is 3. The number of nitrogens with one attached hydrogen (secondary N) is 2. The largest absolute Gasteiger partial charge is 0.361 e. The van der Waals surface area contributed by atoms with E-state index in [1.807, 2.05) is 60.8 Å². The van der Waals surface area contributed by atoms with Gasteiger partial charge in [0.1, 0.15) is 11.9 Å². The van der Waals surface area contributed by atoms with Crippen molar-refractivity contribution >= 4 is 33.6 Å². The first kappa shape index (κ1) is 12.4. The fourth-order valence-electron chi connectivity index (χ4n) is 2.60. The Balaban J connectivity index is 1.86. The maximum Gasteiger partial charge on any atom is 0.149 e. The molecule has 2 heterocycles. The molecule has 2 aromatic heterocycles. The van der Waals surface area contributed by atoms with Crippen LogP contribution in [0, 0.1) is 11.3 Å². The van der Waals surface area contributed by atoms with Gasteiger partial charge in [0.15, 0.2) is 0 Å². The van der Waals surface area contributed by atoms with Crippen LogP contribution < -0.4 is 0 Å². The van der Waals surface area contributed by atoms with Gasteiger partial charge in [0.2, 0.25) is 0 Å². The SMILES string of the molecule is N#C/C(=C/c1c[nH]c2ccccc12)c1nc2ccccc2[nH]1. The minimum absolute atomic E-state index is 0.515. The van der Waals surface area contributed by atoms with Gasteiger partial charge in [-0.25, -0.2) is 4.98 Å². The molecule has 0 atom stereocenters. The maximum absolute atomic E-state index is 9.49. The van der Waals surface area contributed by atoms with E-state index in [1.165, 1.54) is 0 Å². The molecule has 0 aliphatic carbocycles. The zero-order valence-corrected chi connectivity index (χ0v) is 11.7. The number of hydrogen-bond acceptors (Lipinski definition) is 2. The number of nitriles is 1. The summed E-state index contributed by atoms with van der Waals surface area (Å²) in [6, 6.07) is 18.0. The second-order valence-corrected chi connectivity index (χ2v) is 5.06. The van der Waals surface area contributed by atoms with E-state index < -0.39 is 0 Å². The molecular weight excluding hydrogens is 272 g/mol. The highest BCUT2D eigenvalue weighted by atomic mass is 14.9. The first-order valence-corrected chi connectivity index (χ1v) is 6.98. The Labute approximate surface area is 126 Å². The molecule has 4 aromatic rings. The van der Waals surface area contributed by atoms with Crippen molar-refractivity contribution in [2.45, 2.75) is 0 Å². The summed E-state index contributed by atoms with van der Waals surface area (Å²) in [5.74, 6) is 0.592. The summed E-state index contributed by atoms with van der Waals surface area (Å²) in [4.78, 5) is 10.9. The monoisotopic (exact) mass is 284 g/mol. The summed E-state index contributed by atoms with van der Waals surface area (Å²) in [5.41, 5.74) is 4.33. The van der Waals surface area contributed by atoms with Gasteiger partial charge < -0.3 is 9.97 Å². The number of fused-ring (bicyclic) bond motifs is 2. The number of imidazole rings is 1. The van der Waals surface area contributed by atoms with Gasteiger partial charge in [0.25, 0.3) is 0 Å². The highest BCUT2D eigenvalue weighted by Gasteiger charge is 2.09. The Hall–Kier alpha value is -3.32. The molecule has 0 unspecified atom stereocenters. The quantitative estimate of drug-likeness (QED) is 0.544. The van der Waals surface area contributed by atoms with Crippen molar-refractivity contribution in [2.24, 2.45) is 0 Å². The fourth-order valence-corrected chi connectivity index (χ4v) is 2.60. The molecule has 0 aliphatic rings. The van der Waals surface area contributed by atoms with Gasteiger partial charge in [-0.05, 0) is 24.3 Å². The highest BCUT2D eigenvalue weighted by molar-refractivity contribution is 5.97. The summed E-state index contributed by atoms with van der Waals surface area (Å²) in [6.45, 7) is 0. The van der Waals surface area contributed by atoms with Crippen molar-refractivity contribution < 1.29 is 0 Å². The predicted molar refractivity (Wildman–Crippen MR) is 87.9 cm³/mol. The van der Waals surface area contributed by atoms with Crippen molar-refractivity contribution in [1.29, 1.82) is 5.26 Å². The van der Waals surface area contributed by atoms with Gasteiger partial charge in [-0.15, -0.1) is 0 Å². The molecule has 0 saturated carbocycles. The number of nitrogens with zero attached hydrogens (tertiary/aromatic N) is 2. The first-order chi connectivity index (χ1) is 10.8. The number of aromatic amines is 2. The molecule has 4 rings (SSSR count). The van der Waals surface area contributed by atoms with Crippen molar-refractivity contribution in [1.82, 2.24) is 15.0 Å². The van der Waals surface area contributed by atoms with Crippen LogP contribution in [-0.2, 0) is 0 Å². The van der Waals surface area contributed by atoms with Gasteiger partial charge in [0, 0.05) is 22.7 Å². The van der Waals surface area contributed by atoms with E-state index >= 15 is 0 Å². The van der Waals surface area contributed by atoms with E-state index in [2.05, 4.69) is 21.0 Å².